The van der Waals surface area contributed by atoms with Gasteiger partial charge >= 0.3 is 0 Å². The highest BCUT2D eigenvalue weighted by atomic mass is 16.7. The number of hydroxylamine groups is 2. The Labute approximate surface area is 176 Å². The molecule has 30 heavy (non-hydrogen) atoms. The summed E-state index contributed by atoms with van der Waals surface area (Å²) in [6.45, 7) is 4.26. The van der Waals surface area contributed by atoms with Crippen LogP contribution in [0.2, 0.25) is 0 Å². The summed E-state index contributed by atoms with van der Waals surface area (Å²) >= 11 is 0. The molecule has 2 aromatic carbocycles. The molecule has 7 nitrogen and oxygen atoms in total. The number of fused-ring (bicyclic) bond motifs is 1. The Morgan fingerprint density at radius 2 is 1.83 bits per heavy atom. The molecule has 3 aromatic rings. The van der Waals surface area contributed by atoms with Gasteiger partial charge in [0.1, 0.15) is 0 Å². The average molecular weight is 409 g/mol. The van der Waals surface area contributed by atoms with Crippen molar-refractivity contribution in [1.82, 2.24) is 14.5 Å². The Morgan fingerprint density at radius 3 is 2.50 bits per heavy atom. The lowest BCUT2D eigenvalue weighted by molar-refractivity contribution is -0.186. The molecule has 0 radical (unpaired) electrons. The number of anilines is 1. The maximum absolute atomic E-state index is 13.0. The van der Waals surface area contributed by atoms with Crippen LogP contribution in [-0.2, 0) is 29.8 Å². The standard InChI is InChI=1S/C23H28N4O3/c1-5-30-27(16(2)28)14-19-12-18(10-11-21(19)24)23(29)25(3)15-20-13-17-8-6-7-9-22(17)26(20)4/h6-13H,5,14-15,24H2,1-4H3. The van der Waals surface area contributed by atoms with Crippen LogP contribution in [0.15, 0.2) is 48.5 Å². The fraction of sp³-hybridized carbons (Fsp3) is 0.304. The predicted molar refractivity (Wildman–Crippen MR) is 117 cm³/mol. The van der Waals surface area contributed by atoms with Crippen molar-refractivity contribution in [3.8, 4) is 0 Å². The molecule has 0 fully saturated rings. The molecule has 0 aliphatic carbocycles. The maximum Gasteiger partial charge on any atom is 0.253 e. The van der Waals surface area contributed by atoms with E-state index in [0.29, 0.717) is 30.0 Å². The molecule has 0 saturated carbocycles. The van der Waals surface area contributed by atoms with Crippen molar-refractivity contribution in [2.24, 2.45) is 7.05 Å². The third-order valence-corrected chi connectivity index (χ3v) is 5.14. The topological polar surface area (TPSA) is 80.8 Å². The van der Waals surface area contributed by atoms with E-state index in [1.54, 1.807) is 37.1 Å². The number of aromatic nitrogens is 1. The van der Waals surface area contributed by atoms with Crippen LogP contribution >= 0.6 is 0 Å². The maximum atomic E-state index is 13.0. The van der Waals surface area contributed by atoms with Crippen molar-refractivity contribution < 1.29 is 14.4 Å². The van der Waals surface area contributed by atoms with Crippen LogP contribution in [0.25, 0.3) is 10.9 Å². The van der Waals surface area contributed by atoms with E-state index in [1.165, 1.54) is 12.0 Å². The number of hydrogen-bond donors (Lipinski definition) is 1. The summed E-state index contributed by atoms with van der Waals surface area (Å²) in [4.78, 5) is 31.9. The molecule has 1 heterocycles. The van der Waals surface area contributed by atoms with Crippen molar-refractivity contribution in [2.45, 2.75) is 26.9 Å². The first-order valence-electron chi connectivity index (χ1n) is 9.90. The number of aryl methyl sites for hydroxylation is 1. The zero-order valence-corrected chi connectivity index (χ0v) is 17.9. The Bertz CT molecular complexity index is 1070. The summed E-state index contributed by atoms with van der Waals surface area (Å²) in [7, 11) is 3.78. The summed E-state index contributed by atoms with van der Waals surface area (Å²) < 4.78 is 2.10. The van der Waals surface area contributed by atoms with Gasteiger partial charge < -0.3 is 15.2 Å². The molecule has 0 bridgehead atoms. The van der Waals surface area contributed by atoms with E-state index >= 15 is 0 Å². The number of nitrogens with zero attached hydrogens (tertiary/aromatic N) is 3. The molecule has 2 N–H and O–H groups in total. The zero-order chi connectivity index (χ0) is 21.8. The Kier molecular flexibility index (Phi) is 6.42. The molecule has 0 aliphatic heterocycles. The molecular formula is C23H28N4O3. The highest BCUT2D eigenvalue weighted by molar-refractivity contribution is 5.95. The Morgan fingerprint density at radius 1 is 1.10 bits per heavy atom. The second-order valence-corrected chi connectivity index (χ2v) is 7.30. The molecule has 2 amide bonds. The van der Waals surface area contributed by atoms with E-state index in [0.717, 1.165) is 16.6 Å². The third kappa shape index (κ3) is 4.46. The molecular weight excluding hydrogens is 380 g/mol. The zero-order valence-electron chi connectivity index (χ0n) is 17.9. The summed E-state index contributed by atoms with van der Waals surface area (Å²) in [5.41, 5.74) is 9.94. The monoisotopic (exact) mass is 408 g/mol. The van der Waals surface area contributed by atoms with Crippen LogP contribution in [0.3, 0.4) is 0 Å². The van der Waals surface area contributed by atoms with E-state index in [4.69, 9.17) is 10.6 Å². The second kappa shape index (κ2) is 9.00. The van der Waals surface area contributed by atoms with Crippen molar-refractivity contribution in [1.29, 1.82) is 0 Å². The van der Waals surface area contributed by atoms with Crippen molar-refractivity contribution in [2.75, 3.05) is 19.4 Å². The van der Waals surface area contributed by atoms with Crippen molar-refractivity contribution >= 4 is 28.4 Å². The molecule has 0 unspecified atom stereocenters. The number of carbonyl (C=O) groups excluding carboxylic acids is 2. The summed E-state index contributed by atoms with van der Waals surface area (Å²) in [5, 5.41) is 2.39. The third-order valence-electron chi connectivity index (χ3n) is 5.14. The van der Waals surface area contributed by atoms with Crippen LogP contribution in [0.4, 0.5) is 5.69 Å². The molecule has 0 saturated heterocycles. The molecule has 0 spiro atoms. The molecule has 1 aromatic heterocycles. The fourth-order valence-electron chi connectivity index (χ4n) is 3.47. The van der Waals surface area contributed by atoms with E-state index < -0.39 is 0 Å². The number of amides is 2. The normalized spacial score (nSPS) is 10.9. The number of carbonyl (C=O) groups is 2. The fourth-order valence-corrected chi connectivity index (χ4v) is 3.47. The molecule has 0 atom stereocenters. The average Bonchev–Trinajstić information content (AvgIpc) is 3.04. The van der Waals surface area contributed by atoms with Gasteiger partial charge in [0, 0.05) is 43.5 Å². The summed E-state index contributed by atoms with van der Waals surface area (Å²) in [6.07, 6.45) is 0. The number of rotatable bonds is 7. The molecule has 7 heteroatoms. The van der Waals surface area contributed by atoms with Crippen LogP contribution in [0.5, 0.6) is 0 Å². The first-order chi connectivity index (χ1) is 14.3. The van der Waals surface area contributed by atoms with Crippen molar-refractivity contribution in [3.63, 3.8) is 0 Å². The summed E-state index contributed by atoms with van der Waals surface area (Å²) in [5.74, 6) is -0.340. The van der Waals surface area contributed by atoms with E-state index in [9.17, 15) is 9.59 Å². The number of para-hydroxylation sites is 1. The van der Waals surface area contributed by atoms with Gasteiger partial charge in [-0.15, -0.1) is 0 Å². The van der Waals surface area contributed by atoms with Gasteiger partial charge in [0.05, 0.1) is 19.7 Å². The van der Waals surface area contributed by atoms with Crippen LogP contribution < -0.4 is 5.73 Å². The largest absolute Gasteiger partial charge is 0.398 e. The minimum absolute atomic E-state index is 0.118. The molecule has 3 rings (SSSR count). The summed E-state index contributed by atoms with van der Waals surface area (Å²) in [6, 6.07) is 15.4. The van der Waals surface area contributed by atoms with Gasteiger partial charge in [-0.2, -0.15) is 0 Å². The van der Waals surface area contributed by atoms with E-state index in [-0.39, 0.29) is 18.4 Å². The van der Waals surface area contributed by atoms with E-state index in [2.05, 4.69) is 22.8 Å². The first kappa shape index (κ1) is 21.4. The minimum Gasteiger partial charge on any atom is -0.398 e. The van der Waals surface area contributed by atoms with Crippen LogP contribution in [0.1, 0.15) is 35.5 Å². The minimum atomic E-state index is -0.221. The number of benzene rings is 2. The van der Waals surface area contributed by atoms with Gasteiger partial charge in [-0.25, -0.2) is 5.06 Å². The molecule has 158 valence electrons. The van der Waals surface area contributed by atoms with Crippen molar-refractivity contribution in [3.05, 3.63) is 65.4 Å². The van der Waals surface area contributed by atoms with Crippen LogP contribution in [-0.4, -0.2) is 40.0 Å². The first-order valence-corrected chi connectivity index (χ1v) is 9.90. The molecule has 0 aliphatic rings. The second-order valence-electron chi connectivity index (χ2n) is 7.30. The Balaban J connectivity index is 1.80. The van der Waals surface area contributed by atoms with Gasteiger partial charge in [-0.05, 0) is 48.2 Å². The van der Waals surface area contributed by atoms with Gasteiger partial charge in [-0.1, -0.05) is 18.2 Å². The SMILES string of the molecule is CCON(Cc1cc(C(=O)N(C)Cc2cc3ccccc3n2C)ccc1N)C(C)=O. The van der Waals surface area contributed by atoms with Gasteiger partial charge in [-0.3, -0.25) is 14.4 Å². The highest BCUT2D eigenvalue weighted by Crippen LogP contribution is 2.21. The van der Waals surface area contributed by atoms with Gasteiger partial charge in [0.2, 0.25) is 5.91 Å². The van der Waals surface area contributed by atoms with Gasteiger partial charge in [0.25, 0.3) is 5.91 Å². The van der Waals surface area contributed by atoms with E-state index in [1.807, 2.05) is 19.2 Å². The quantitative estimate of drug-likeness (QED) is 0.480. The Hall–Kier alpha value is -3.32. The highest BCUT2D eigenvalue weighted by Gasteiger charge is 2.18. The lowest BCUT2D eigenvalue weighted by atomic mass is 10.1. The van der Waals surface area contributed by atoms with Gasteiger partial charge in [0.15, 0.2) is 0 Å². The predicted octanol–water partition coefficient (Wildman–Crippen LogP) is 3.33. The lowest BCUT2D eigenvalue weighted by Crippen LogP contribution is -2.29. The smallest absolute Gasteiger partial charge is 0.253 e. The number of nitrogen functional groups attached to an aromatic ring is 1. The van der Waals surface area contributed by atoms with Crippen LogP contribution in [0, 0.1) is 0 Å². The number of nitrogens with two attached hydrogens (primary N) is 1. The lowest BCUT2D eigenvalue weighted by Gasteiger charge is -2.22. The number of hydrogen-bond acceptors (Lipinski definition) is 4.